The van der Waals surface area contributed by atoms with Gasteiger partial charge in [0.05, 0.1) is 5.56 Å². The molecule has 0 saturated heterocycles. The van der Waals surface area contributed by atoms with Crippen LogP contribution in [0.1, 0.15) is 29.8 Å². The van der Waals surface area contributed by atoms with E-state index < -0.39 is 18.0 Å². The first-order valence-corrected chi connectivity index (χ1v) is 7.81. The van der Waals surface area contributed by atoms with Gasteiger partial charge in [0.2, 0.25) is 5.91 Å². The zero-order valence-electron chi connectivity index (χ0n) is 14.3. The molecule has 130 valence electrons. The Kier molecular flexibility index (Phi) is 5.89. The number of anilines is 2. The molecule has 2 rings (SSSR count). The van der Waals surface area contributed by atoms with Crippen LogP contribution in [0.5, 0.6) is 0 Å². The third-order valence-electron chi connectivity index (χ3n) is 3.36. The van der Waals surface area contributed by atoms with Crippen LogP contribution in [0, 0.1) is 6.92 Å². The molecular weight excluding hydrogens is 320 g/mol. The van der Waals surface area contributed by atoms with E-state index in [4.69, 9.17) is 4.74 Å². The van der Waals surface area contributed by atoms with E-state index in [-0.39, 0.29) is 11.5 Å². The van der Waals surface area contributed by atoms with Crippen LogP contribution < -0.4 is 10.6 Å². The van der Waals surface area contributed by atoms with Crippen LogP contribution in [0.4, 0.5) is 11.4 Å². The number of esters is 1. The van der Waals surface area contributed by atoms with Crippen molar-refractivity contribution in [1.82, 2.24) is 0 Å². The second kappa shape index (κ2) is 8.10. The van der Waals surface area contributed by atoms with Gasteiger partial charge in [-0.3, -0.25) is 9.59 Å². The number of aryl methyl sites for hydroxylation is 1. The fraction of sp³-hybridized carbons (Fsp3) is 0.211. The first-order valence-electron chi connectivity index (χ1n) is 7.81. The summed E-state index contributed by atoms with van der Waals surface area (Å²) in [5.74, 6) is -1.30. The van der Waals surface area contributed by atoms with Crippen molar-refractivity contribution in [3.63, 3.8) is 0 Å². The van der Waals surface area contributed by atoms with E-state index >= 15 is 0 Å². The number of benzene rings is 2. The predicted octanol–water partition coefficient (Wildman–Crippen LogP) is 3.14. The van der Waals surface area contributed by atoms with E-state index in [1.165, 1.54) is 19.9 Å². The van der Waals surface area contributed by atoms with Crippen LogP contribution >= 0.6 is 0 Å². The average molecular weight is 340 g/mol. The molecule has 0 bridgehead atoms. The van der Waals surface area contributed by atoms with Gasteiger partial charge in [0.15, 0.2) is 6.10 Å². The molecule has 0 aliphatic rings. The summed E-state index contributed by atoms with van der Waals surface area (Å²) >= 11 is 0. The highest BCUT2D eigenvalue weighted by molar-refractivity contribution is 5.98. The van der Waals surface area contributed by atoms with Crippen molar-refractivity contribution in [2.75, 3.05) is 10.6 Å². The second-order valence-electron chi connectivity index (χ2n) is 5.67. The summed E-state index contributed by atoms with van der Waals surface area (Å²) < 4.78 is 5.20. The van der Waals surface area contributed by atoms with Crippen molar-refractivity contribution in [1.29, 1.82) is 0 Å². The molecule has 0 heterocycles. The maximum absolute atomic E-state index is 12.2. The van der Waals surface area contributed by atoms with Crippen molar-refractivity contribution < 1.29 is 19.1 Å². The first kappa shape index (κ1) is 18.2. The number of carbonyl (C=O) groups is 3. The van der Waals surface area contributed by atoms with E-state index in [0.29, 0.717) is 11.4 Å². The van der Waals surface area contributed by atoms with Gasteiger partial charge in [-0.2, -0.15) is 0 Å². The summed E-state index contributed by atoms with van der Waals surface area (Å²) in [7, 11) is 0. The van der Waals surface area contributed by atoms with Crippen LogP contribution in [0.2, 0.25) is 0 Å². The van der Waals surface area contributed by atoms with Gasteiger partial charge in [0.25, 0.3) is 5.91 Å². The third-order valence-corrected chi connectivity index (χ3v) is 3.36. The van der Waals surface area contributed by atoms with Crippen LogP contribution in [-0.4, -0.2) is 23.9 Å². The Hall–Kier alpha value is -3.15. The van der Waals surface area contributed by atoms with E-state index in [0.717, 1.165) is 5.56 Å². The van der Waals surface area contributed by atoms with Gasteiger partial charge in [0.1, 0.15) is 0 Å². The Morgan fingerprint density at radius 2 is 1.60 bits per heavy atom. The van der Waals surface area contributed by atoms with Crippen molar-refractivity contribution in [3.8, 4) is 0 Å². The third kappa shape index (κ3) is 5.46. The molecule has 6 heteroatoms. The van der Waals surface area contributed by atoms with Gasteiger partial charge < -0.3 is 15.4 Å². The zero-order valence-corrected chi connectivity index (χ0v) is 14.3. The van der Waals surface area contributed by atoms with Crippen molar-refractivity contribution in [3.05, 3.63) is 59.7 Å². The molecule has 0 saturated carbocycles. The largest absolute Gasteiger partial charge is 0.449 e. The molecule has 1 atom stereocenters. The number of rotatable bonds is 5. The lowest BCUT2D eigenvalue weighted by atomic mass is 10.2. The van der Waals surface area contributed by atoms with Crippen LogP contribution in [-0.2, 0) is 14.3 Å². The molecule has 2 N–H and O–H groups in total. The molecule has 6 nitrogen and oxygen atoms in total. The highest BCUT2D eigenvalue weighted by atomic mass is 16.5. The minimum Gasteiger partial charge on any atom is -0.449 e. The summed E-state index contributed by atoms with van der Waals surface area (Å²) in [5, 5.41) is 5.29. The number of hydrogen-bond acceptors (Lipinski definition) is 4. The molecule has 0 aliphatic heterocycles. The maximum atomic E-state index is 12.2. The fourth-order valence-electron chi connectivity index (χ4n) is 2.18. The van der Waals surface area contributed by atoms with E-state index in [1.807, 2.05) is 25.1 Å². The fourth-order valence-corrected chi connectivity index (χ4v) is 2.18. The summed E-state index contributed by atoms with van der Waals surface area (Å²) in [4.78, 5) is 35.4. The monoisotopic (exact) mass is 340 g/mol. The Balaban J connectivity index is 1.99. The van der Waals surface area contributed by atoms with Crippen molar-refractivity contribution >= 4 is 29.2 Å². The smallest absolute Gasteiger partial charge is 0.338 e. The molecule has 2 amide bonds. The zero-order chi connectivity index (χ0) is 18.4. The lowest BCUT2D eigenvalue weighted by Gasteiger charge is -2.14. The molecule has 2 aromatic carbocycles. The minimum atomic E-state index is -0.961. The topological polar surface area (TPSA) is 84.5 Å². The molecule has 0 aliphatic carbocycles. The first-order chi connectivity index (χ1) is 11.8. The number of hydrogen-bond donors (Lipinski definition) is 2. The summed E-state index contributed by atoms with van der Waals surface area (Å²) in [6.45, 7) is 4.80. The van der Waals surface area contributed by atoms with Crippen molar-refractivity contribution in [2.24, 2.45) is 0 Å². The van der Waals surface area contributed by atoms with Crippen LogP contribution in [0.3, 0.4) is 0 Å². The lowest BCUT2D eigenvalue weighted by Crippen LogP contribution is -2.30. The number of carbonyl (C=O) groups excluding carboxylic acids is 3. The summed E-state index contributed by atoms with van der Waals surface area (Å²) in [6, 6.07) is 13.7. The highest BCUT2D eigenvalue weighted by Gasteiger charge is 2.19. The minimum absolute atomic E-state index is 0.239. The normalized spacial score (nSPS) is 11.3. The maximum Gasteiger partial charge on any atom is 0.338 e. The number of nitrogens with one attached hydrogen (secondary N) is 2. The quantitative estimate of drug-likeness (QED) is 0.819. The molecule has 0 aromatic heterocycles. The van der Waals surface area contributed by atoms with E-state index in [1.54, 1.807) is 24.3 Å². The molecule has 1 unspecified atom stereocenters. The Morgan fingerprint density at radius 1 is 0.960 bits per heavy atom. The highest BCUT2D eigenvalue weighted by Crippen LogP contribution is 2.14. The Labute approximate surface area is 146 Å². The van der Waals surface area contributed by atoms with Crippen molar-refractivity contribution in [2.45, 2.75) is 26.9 Å². The van der Waals surface area contributed by atoms with Gasteiger partial charge in [-0.25, -0.2) is 4.79 Å². The SMILES string of the molecule is CC(=O)Nc1cccc(C(=O)OC(C)C(=O)Nc2cccc(C)c2)c1. The summed E-state index contributed by atoms with van der Waals surface area (Å²) in [5.41, 5.74) is 2.39. The van der Waals surface area contributed by atoms with Gasteiger partial charge in [-0.1, -0.05) is 18.2 Å². The molecule has 2 aromatic rings. The van der Waals surface area contributed by atoms with Crippen LogP contribution in [0.15, 0.2) is 48.5 Å². The van der Waals surface area contributed by atoms with E-state index in [2.05, 4.69) is 10.6 Å². The molecule has 0 radical (unpaired) electrons. The second-order valence-corrected chi connectivity index (χ2v) is 5.67. The average Bonchev–Trinajstić information content (AvgIpc) is 2.54. The van der Waals surface area contributed by atoms with Crippen LogP contribution in [0.25, 0.3) is 0 Å². The van der Waals surface area contributed by atoms with Gasteiger partial charge >= 0.3 is 5.97 Å². The molecule has 25 heavy (non-hydrogen) atoms. The van der Waals surface area contributed by atoms with Gasteiger partial charge in [0, 0.05) is 18.3 Å². The Bertz CT molecular complexity index is 802. The van der Waals surface area contributed by atoms with Gasteiger partial charge in [-0.05, 0) is 49.7 Å². The molecular formula is C19H20N2O4. The molecule has 0 fully saturated rings. The standard InChI is InChI=1S/C19H20N2O4/c1-12-6-4-8-16(10-12)21-18(23)13(2)25-19(24)15-7-5-9-17(11-15)20-14(3)22/h4-11,13H,1-3H3,(H,20,22)(H,21,23). The van der Waals surface area contributed by atoms with Gasteiger partial charge in [-0.15, -0.1) is 0 Å². The predicted molar refractivity (Wildman–Crippen MR) is 95.4 cm³/mol. The lowest BCUT2D eigenvalue weighted by molar-refractivity contribution is -0.123. The number of amides is 2. The summed E-state index contributed by atoms with van der Waals surface area (Å²) in [6.07, 6.45) is -0.961. The molecule has 0 spiro atoms. The number of ether oxygens (including phenoxy) is 1. The van der Waals surface area contributed by atoms with E-state index in [9.17, 15) is 14.4 Å². The Morgan fingerprint density at radius 3 is 2.24 bits per heavy atom.